The minimum absolute atomic E-state index is 0.0429. The van der Waals surface area contributed by atoms with E-state index in [2.05, 4.69) is 37.6 Å². The van der Waals surface area contributed by atoms with Gasteiger partial charge in [0.15, 0.2) is 0 Å². The molecule has 1 aromatic rings. The van der Waals surface area contributed by atoms with Crippen molar-refractivity contribution < 1.29 is 9.90 Å². The zero-order valence-corrected chi connectivity index (χ0v) is 11.9. The van der Waals surface area contributed by atoms with Crippen LogP contribution in [-0.4, -0.2) is 40.0 Å². The van der Waals surface area contributed by atoms with Gasteiger partial charge in [-0.25, -0.2) is 4.79 Å². The topological polar surface area (TPSA) is 77.8 Å². The number of hydrogen-bond acceptors (Lipinski definition) is 5. The van der Waals surface area contributed by atoms with Crippen LogP contribution in [0.5, 0.6) is 0 Å². The fourth-order valence-electron chi connectivity index (χ4n) is 2.59. The third-order valence-corrected chi connectivity index (χ3v) is 3.64. The Morgan fingerprint density at radius 1 is 1.70 bits per heavy atom. The minimum Gasteiger partial charge on any atom is -0.465 e. The molecule has 0 aromatic carbocycles. The summed E-state index contributed by atoms with van der Waals surface area (Å²) in [5.41, 5.74) is 1.56. The van der Waals surface area contributed by atoms with E-state index in [1.807, 2.05) is 13.0 Å². The smallest absolute Gasteiger partial charge is 0.404 e. The van der Waals surface area contributed by atoms with Crippen LogP contribution < -0.4 is 10.2 Å². The number of carbonyl (C=O) groups is 1. The Bertz CT molecular complexity index is 545. The lowest BCUT2D eigenvalue weighted by atomic mass is 9.97. The lowest BCUT2D eigenvalue weighted by Crippen LogP contribution is -2.54. The van der Waals surface area contributed by atoms with E-state index in [0.717, 1.165) is 25.1 Å². The van der Waals surface area contributed by atoms with E-state index in [1.165, 1.54) is 0 Å². The molecule has 7 heteroatoms. The summed E-state index contributed by atoms with van der Waals surface area (Å²) in [6.45, 7) is 2.86. The van der Waals surface area contributed by atoms with Crippen molar-refractivity contribution in [3.63, 3.8) is 0 Å². The second-order valence-corrected chi connectivity index (χ2v) is 4.88. The molecule has 1 amide bonds. The van der Waals surface area contributed by atoms with E-state index in [-0.39, 0.29) is 12.1 Å². The van der Waals surface area contributed by atoms with Crippen LogP contribution in [0.4, 0.5) is 16.2 Å². The summed E-state index contributed by atoms with van der Waals surface area (Å²) in [5.74, 6) is 0. The van der Waals surface area contributed by atoms with E-state index >= 15 is 0 Å². The van der Waals surface area contributed by atoms with Crippen LogP contribution >= 0.6 is 12.2 Å². The maximum atomic E-state index is 10.8. The van der Waals surface area contributed by atoms with Crippen molar-refractivity contribution in [1.29, 1.82) is 0 Å². The standard InChI is InChI=1S/C13H16N4O2S/c1-9-10(16-13(18)19)3-2-6-17(9)12-4-5-14-7-11(12)15-8-20/h4-5,7,9-10,16H,2-3,6H2,1H3,(H,18,19). The SMILES string of the molecule is CC1C(NC(=O)O)CCCN1c1ccncc1N=C=S. The first-order valence-electron chi connectivity index (χ1n) is 6.41. The molecule has 6 nitrogen and oxygen atoms in total. The number of nitrogens with zero attached hydrogens (tertiary/aromatic N) is 3. The van der Waals surface area contributed by atoms with E-state index in [9.17, 15) is 4.79 Å². The molecule has 0 aliphatic carbocycles. The summed E-state index contributed by atoms with van der Waals surface area (Å²) in [5, 5.41) is 13.8. The third-order valence-electron chi connectivity index (χ3n) is 3.55. The fraction of sp³-hybridized carbons (Fsp3) is 0.462. The molecule has 2 unspecified atom stereocenters. The largest absolute Gasteiger partial charge is 0.465 e. The first-order chi connectivity index (χ1) is 9.63. The van der Waals surface area contributed by atoms with Crippen molar-refractivity contribution in [3.05, 3.63) is 18.5 Å². The van der Waals surface area contributed by atoms with E-state index in [0.29, 0.717) is 5.69 Å². The zero-order valence-electron chi connectivity index (χ0n) is 11.1. The van der Waals surface area contributed by atoms with Gasteiger partial charge in [-0.05, 0) is 38.0 Å². The van der Waals surface area contributed by atoms with Gasteiger partial charge in [0.2, 0.25) is 0 Å². The molecule has 1 fully saturated rings. The molecule has 0 radical (unpaired) electrons. The lowest BCUT2D eigenvalue weighted by Gasteiger charge is -2.41. The number of aromatic nitrogens is 1. The van der Waals surface area contributed by atoms with Gasteiger partial charge in [-0.3, -0.25) is 4.98 Å². The van der Waals surface area contributed by atoms with Gasteiger partial charge in [0.05, 0.1) is 23.1 Å². The van der Waals surface area contributed by atoms with Crippen molar-refractivity contribution in [2.75, 3.05) is 11.4 Å². The van der Waals surface area contributed by atoms with E-state index in [4.69, 9.17) is 5.11 Å². The maximum Gasteiger partial charge on any atom is 0.404 e. The molecule has 0 bridgehead atoms. The summed E-state index contributed by atoms with van der Waals surface area (Å²) in [4.78, 5) is 21.0. The first-order valence-corrected chi connectivity index (χ1v) is 6.82. The molecule has 1 saturated heterocycles. The molecule has 1 aliphatic heterocycles. The summed E-state index contributed by atoms with van der Waals surface area (Å²) in [6.07, 6.45) is 4.09. The Kier molecular flexibility index (Phi) is 4.65. The molecule has 106 valence electrons. The highest BCUT2D eigenvalue weighted by atomic mass is 32.1. The molecular weight excluding hydrogens is 276 g/mol. The number of pyridine rings is 1. The molecule has 2 atom stereocenters. The monoisotopic (exact) mass is 292 g/mol. The average Bonchev–Trinajstić information content (AvgIpc) is 2.42. The minimum atomic E-state index is -0.990. The van der Waals surface area contributed by atoms with Crippen LogP contribution in [0.15, 0.2) is 23.5 Å². The molecule has 20 heavy (non-hydrogen) atoms. The molecule has 2 N–H and O–H groups in total. The average molecular weight is 292 g/mol. The van der Waals surface area contributed by atoms with Gasteiger partial charge in [0.25, 0.3) is 0 Å². The van der Waals surface area contributed by atoms with Crippen molar-refractivity contribution in [1.82, 2.24) is 10.3 Å². The first kappa shape index (κ1) is 14.4. The molecule has 2 rings (SSSR count). The number of isothiocyanates is 1. The van der Waals surface area contributed by atoms with Gasteiger partial charge < -0.3 is 15.3 Å². The highest BCUT2D eigenvalue weighted by Crippen LogP contribution is 2.32. The Balaban J connectivity index is 2.27. The van der Waals surface area contributed by atoms with Gasteiger partial charge >= 0.3 is 6.09 Å². The molecule has 1 aromatic heterocycles. The van der Waals surface area contributed by atoms with Crippen LogP contribution in [0.2, 0.25) is 0 Å². The van der Waals surface area contributed by atoms with Gasteiger partial charge in [0, 0.05) is 18.8 Å². The molecular formula is C13H16N4O2S. The van der Waals surface area contributed by atoms with Crippen LogP contribution in [-0.2, 0) is 0 Å². The van der Waals surface area contributed by atoms with Gasteiger partial charge in [0.1, 0.15) is 5.69 Å². The number of hydrogen-bond donors (Lipinski definition) is 2. The third kappa shape index (κ3) is 3.12. The number of piperidine rings is 1. The second kappa shape index (κ2) is 6.45. The second-order valence-electron chi connectivity index (χ2n) is 4.70. The number of carboxylic acid groups (broad SMARTS) is 1. The maximum absolute atomic E-state index is 10.8. The van der Waals surface area contributed by atoms with Crippen molar-refractivity contribution in [2.24, 2.45) is 4.99 Å². The number of anilines is 1. The van der Waals surface area contributed by atoms with Crippen LogP contribution in [0.3, 0.4) is 0 Å². The highest BCUT2D eigenvalue weighted by Gasteiger charge is 2.30. The zero-order chi connectivity index (χ0) is 14.5. The molecule has 1 aliphatic rings. The van der Waals surface area contributed by atoms with E-state index in [1.54, 1.807) is 12.4 Å². The van der Waals surface area contributed by atoms with Crippen LogP contribution in [0.25, 0.3) is 0 Å². The normalized spacial score (nSPS) is 21.9. The molecule has 2 heterocycles. The highest BCUT2D eigenvalue weighted by molar-refractivity contribution is 7.78. The summed E-state index contributed by atoms with van der Waals surface area (Å²) >= 11 is 4.65. The summed E-state index contributed by atoms with van der Waals surface area (Å²) in [7, 11) is 0. The van der Waals surface area contributed by atoms with Crippen molar-refractivity contribution in [3.8, 4) is 0 Å². The Labute approximate surface area is 122 Å². The Morgan fingerprint density at radius 2 is 2.50 bits per heavy atom. The lowest BCUT2D eigenvalue weighted by molar-refractivity contribution is 0.184. The van der Waals surface area contributed by atoms with Crippen molar-refractivity contribution >= 4 is 34.8 Å². The van der Waals surface area contributed by atoms with Gasteiger partial charge in [-0.1, -0.05) is 0 Å². The quantitative estimate of drug-likeness (QED) is 0.661. The Morgan fingerprint density at radius 3 is 3.20 bits per heavy atom. The molecule has 0 saturated carbocycles. The number of thiocarbonyl (C=S) groups is 1. The number of rotatable bonds is 3. The fourth-order valence-corrected chi connectivity index (χ4v) is 2.69. The van der Waals surface area contributed by atoms with Crippen molar-refractivity contribution in [2.45, 2.75) is 31.8 Å². The van der Waals surface area contributed by atoms with E-state index < -0.39 is 6.09 Å². The van der Waals surface area contributed by atoms with Crippen LogP contribution in [0.1, 0.15) is 19.8 Å². The number of amides is 1. The van der Waals surface area contributed by atoms with Gasteiger partial charge in [-0.2, -0.15) is 4.99 Å². The predicted octanol–water partition coefficient (Wildman–Crippen LogP) is 2.44. The van der Waals surface area contributed by atoms with Gasteiger partial charge in [-0.15, -0.1) is 0 Å². The predicted molar refractivity (Wildman–Crippen MR) is 79.9 cm³/mol. The Hall–Kier alpha value is -1.98. The number of nitrogens with one attached hydrogen (secondary N) is 1. The van der Waals surface area contributed by atoms with Crippen LogP contribution in [0, 0.1) is 0 Å². The molecule has 0 spiro atoms. The summed E-state index contributed by atoms with van der Waals surface area (Å²) in [6, 6.07) is 1.81. The summed E-state index contributed by atoms with van der Waals surface area (Å²) < 4.78 is 0. The number of aliphatic imine (C=N–C) groups is 1.